The molecule has 3 fully saturated rings. The highest BCUT2D eigenvalue weighted by atomic mass is 32.1. The van der Waals surface area contributed by atoms with E-state index in [1.54, 1.807) is 0 Å². The highest BCUT2D eigenvalue weighted by Crippen LogP contribution is 2.50. The fourth-order valence-corrected chi connectivity index (χ4v) is 3.89. The van der Waals surface area contributed by atoms with Gasteiger partial charge in [-0.15, -0.1) is 0 Å². The Morgan fingerprint density at radius 1 is 1.21 bits per heavy atom. The summed E-state index contributed by atoms with van der Waals surface area (Å²) in [5.41, 5.74) is 0.732. The molecule has 2 aliphatic carbocycles. The summed E-state index contributed by atoms with van der Waals surface area (Å²) in [7, 11) is 0. The van der Waals surface area contributed by atoms with E-state index in [1.807, 2.05) is 0 Å². The maximum Gasteiger partial charge on any atom is 0.00966 e. The Hall–Kier alpha value is 0.310. The van der Waals surface area contributed by atoms with Gasteiger partial charge in [0.1, 0.15) is 0 Å². The van der Waals surface area contributed by atoms with Gasteiger partial charge in [-0.25, -0.2) is 0 Å². The van der Waals surface area contributed by atoms with Gasteiger partial charge in [0, 0.05) is 12.6 Å². The Bertz CT molecular complexity index is 226. The largest absolute Gasteiger partial charge is 0.300 e. The van der Waals surface area contributed by atoms with Crippen LogP contribution in [-0.4, -0.2) is 29.8 Å². The van der Waals surface area contributed by atoms with E-state index in [0.717, 1.165) is 23.1 Å². The molecule has 0 aromatic heterocycles. The monoisotopic (exact) mass is 211 g/mol. The molecular weight excluding hydrogens is 190 g/mol. The molecule has 1 spiro atoms. The molecule has 14 heavy (non-hydrogen) atoms. The van der Waals surface area contributed by atoms with Gasteiger partial charge < -0.3 is 0 Å². The molecule has 0 aromatic rings. The minimum atomic E-state index is 0.732. The molecule has 1 aliphatic heterocycles. The van der Waals surface area contributed by atoms with Gasteiger partial charge in [0.25, 0.3) is 0 Å². The van der Waals surface area contributed by atoms with Crippen molar-refractivity contribution in [3.63, 3.8) is 0 Å². The van der Waals surface area contributed by atoms with Crippen molar-refractivity contribution in [3.8, 4) is 0 Å². The van der Waals surface area contributed by atoms with Crippen LogP contribution in [0, 0.1) is 11.3 Å². The van der Waals surface area contributed by atoms with E-state index in [0.29, 0.717) is 0 Å². The molecule has 0 N–H and O–H groups in total. The Morgan fingerprint density at radius 3 is 2.71 bits per heavy atom. The van der Waals surface area contributed by atoms with Gasteiger partial charge in [-0.1, -0.05) is 0 Å². The van der Waals surface area contributed by atoms with Crippen LogP contribution in [0.3, 0.4) is 0 Å². The highest BCUT2D eigenvalue weighted by Gasteiger charge is 2.46. The van der Waals surface area contributed by atoms with Crippen molar-refractivity contribution >= 4 is 12.6 Å². The summed E-state index contributed by atoms with van der Waals surface area (Å²) < 4.78 is 0. The zero-order chi connectivity index (χ0) is 9.60. The minimum Gasteiger partial charge on any atom is -0.300 e. The molecule has 0 radical (unpaired) electrons. The van der Waals surface area contributed by atoms with Gasteiger partial charge in [-0.3, -0.25) is 4.90 Å². The van der Waals surface area contributed by atoms with Crippen LogP contribution in [-0.2, 0) is 0 Å². The van der Waals surface area contributed by atoms with Crippen LogP contribution in [0.1, 0.15) is 38.5 Å². The molecule has 3 aliphatic rings. The maximum absolute atomic E-state index is 4.45. The number of likely N-dealkylation sites (tertiary alicyclic amines) is 1. The zero-order valence-corrected chi connectivity index (χ0v) is 9.81. The summed E-state index contributed by atoms with van der Waals surface area (Å²) in [6.07, 6.45) is 8.84. The van der Waals surface area contributed by atoms with Crippen molar-refractivity contribution in [2.45, 2.75) is 44.6 Å². The van der Waals surface area contributed by atoms with E-state index in [2.05, 4.69) is 17.5 Å². The van der Waals surface area contributed by atoms with Crippen molar-refractivity contribution in [2.75, 3.05) is 18.8 Å². The van der Waals surface area contributed by atoms with Gasteiger partial charge in [-0.2, -0.15) is 12.6 Å². The molecule has 0 bridgehead atoms. The lowest BCUT2D eigenvalue weighted by Gasteiger charge is -2.24. The normalized spacial score (nSPS) is 43.9. The number of hydrogen-bond donors (Lipinski definition) is 1. The van der Waals surface area contributed by atoms with Crippen molar-refractivity contribution in [2.24, 2.45) is 11.3 Å². The summed E-state index contributed by atoms with van der Waals surface area (Å²) in [5.74, 6) is 2.04. The first-order valence-corrected chi connectivity index (χ1v) is 6.79. The van der Waals surface area contributed by atoms with E-state index in [9.17, 15) is 0 Å². The molecular formula is C12H21NS. The number of hydrogen-bond acceptors (Lipinski definition) is 2. The lowest BCUT2D eigenvalue weighted by atomic mass is 9.85. The molecule has 1 heterocycles. The van der Waals surface area contributed by atoms with Gasteiger partial charge in [0.15, 0.2) is 0 Å². The van der Waals surface area contributed by atoms with E-state index in [-0.39, 0.29) is 0 Å². The Morgan fingerprint density at radius 2 is 2.07 bits per heavy atom. The third-order valence-corrected chi connectivity index (χ3v) is 5.11. The average Bonchev–Trinajstić information content (AvgIpc) is 2.87. The summed E-state index contributed by atoms with van der Waals surface area (Å²) in [6.45, 7) is 2.81. The van der Waals surface area contributed by atoms with Crippen LogP contribution < -0.4 is 0 Å². The van der Waals surface area contributed by atoms with Gasteiger partial charge in [0.05, 0.1) is 0 Å². The van der Waals surface area contributed by atoms with E-state index >= 15 is 0 Å². The molecule has 0 aromatic carbocycles. The molecule has 2 saturated carbocycles. The van der Waals surface area contributed by atoms with Crippen molar-refractivity contribution in [1.82, 2.24) is 4.90 Å². The molecule has 1 saturated heterocycles. The Kier molecular flexibility index (Phi) is 2.32. The molecule has 80 valence electrons. The van der Waals surface area contributed by atoms with Crippen molar-refractivity contribution in [1.29, 1.82) is 0 Å². The molecule has 3 rings (SSSR count). The summed E-state index contributed by atoms with van der Waals surface area (Å²) in [5, 5.41) is 0. The summed E-state index contributed by atoms with van der Waals surface area (Å²) in [4.78, 5) is 2.76. The second kappa shape index (κ2) is 3.41. The van der Waals surface area contributed by atoms with Crippen LogP contribution in [0.15, 0.2) is 0 Å². The number of rotatable bonds is 2. The first-order chi connectivity index (χ1) is 6.81. The molecule has 2 atom stereocenters. The maximum atomic E-state index is 4.45. The number of thiol groups is 1. The Labute approximate surface area is 92.7 Å². The predicted octanol–water partition coefficient (Wildman–Crippen LogP) is 2.57. The molecule has 0 unspecified atom stereocenters. The first-order valence-electron chi connectivity index (χ1n) is 6.16. The van der Waals surface area contributed by atoms with Crippen molar-refractivity contribution < 1.29 is 0 Å². The van der Waals surface area contributed by atoms with E-state index in [4.69, 9.17) is 0 Å². The SMILES string of the molecule is SC[C@H]1CC[C@@]2(CCN(C3CC3)C2)C1. The van der Waals surface area contributed by atoms with Gasteiger partial charge in [-0.05, 0) is 62.2 Å². The summed E-state index contributed by atoms with van der Waals surface area (Å²) in [6, 6.07) is 0.990. The lowest BCUT2D eigenvalue weighted by molar-refractivity contribution is 0.250. The van der Waals surface area contributed by atoms with E-state index in [1.165, 1.54) is 51.6 Å². The fourth-order valence-electron chi connectivity index (χ4n) is 3.57. The molecule has 0 amide bonds. The van der Waals surface area contributed by atoms with Crippen LogP contribution in [0.4, 0.5) is 0 Å². The topological polar surface area (TPSA) is 3.24 Å². The third kappa shape index (κ3) is 1.61. The van der Waals surface area contributed by atoms with Gasteiger partial charge in [0.2, 0.25) is 0 Å². The second-order valence-corrected chi connectivity index (χ2v) is 6.11. The smallest absolute Gasteiger partial charge is 0.00966 e. The third-order valence-electron chi connectivity index (χ3n) is 4.59. The standard InChI is InChI=1S/C12H21NS/c14-8-10-3-4-12(7-10)5-6-13(9-12)11-1-2-11/h10-11,14H,1-9H2/t10-,12+/m0/s1. The molecule has 1 nitrogen and oxygen atoms in total. The predicted molar refractivity (Wildman–Crippen MR) is 62.8 cm³/mol. The van der Waals surface area contributed by atoms with Crippen LogP contribution in [0.2, 0.25) is 0 Å². The average molecular weight is 211 g/mol. The van der Waals surface area contributed by atoms with Crippen LogP contribution >= 0.6 is 12.6 Å². The second-order valence-electron chi connectivity index (χ2n) is 5.74. The van der Waals surface area contributed by atoms with Crippen LogP contribution in [0.5, 0.6) is 0 Å². The first kappa shape index (κ1) is 9.53. The lowest BCUT2D eigenvalue weighted by Crippen LogP contribution is -2.27. The Balaban J connectivity index is 1.63. The van der Waals surface area contributed by atoms with Gasteiger partial charge >= 0.3 is 0 Å². The van der Waals surface area contributed by atoms with Crippen LogP contribution in [0.25, 0.3) is 0 Å². The summed E-state index contributed by atoms with van der Waals surface area (Å²) >= 11 is 4.45. The quantitative estimate of drug-likeness (QED) is 0.687. The zero-order valence-electron chi connectivity index (χ0n) is 8.91. The fraction of sp³-hybridized carbons (Fsp3) is 1.00. The van der Waals surface area contributed by atoms with E-state index < -0.39 is 0 Å². The highest BCUT2D eigenvalue weighted by molar-refractivity contribution is 7.80. The minimum absolute atomic E-state index is 0.732. The number of nitrogens with zero attached hydrogens (tertiary/aromatic N) is 1. The van der Waals surface area contributed by atoms with Crippen molar-refractivity contribution in [3.05, 3.63) is 0 Å². The molecule has 2 heteroatoms.